The molecule has 1 aliphatic carbocycles. The van der Waals surface area contributed by atoms with Crippen LogP contribution in [-0.4, -0.2) is 25.9 Å². The summed E-state index contributed by atoms with van der Waals surface area (Å²) in [6.45, 7) is 0. The first-order valence-corrected chi connectivity index (χ1v) is 7.31. The number of imidazole rings is 1. The summed E-state index contributed by atoms with van der Waals surface area (Å²) in [4.78, 5) is 37.5. The van der Waals surface area contributed by atoms with E-state index in [9.17, 15) is 25.0 Å². The number of aromatic amines is 2. The second-order valence-electron chi connectivity index (χ2n) is 5.61. The summed E-state index contributed by atoms with van der Waals surface area (Å²) in [5.74, 6) is 0. The highest BCUT2D eigenvalue weighted by Crippen LogP contribution is 2.40. The van der Waals surface area contributed by atoms with Crippen LogP contribution >= 0.6 is 0 Å². The Morgan fingerprint density at radius 2 is 1.78 bits per heavy atom. The van der Waals surface area contributed by atoms with E-state index in [1.54, 1.807) is 0 Å². The minimum absolute atomic E-state index is 0.0380. The molecule has 0 bridgehead atoms. The standard InChI is InChI=1S/C13H15N5O5/c19-13-15-8-6-9(17(20)21)11(12(18(22)23)10(8)16-13)14-7-4-2-1-3-5-7/h6-7,14H,1-5H2,(H2,15,16,19). The van der Waals surface area contributed by atoms with Crippen molar-refractivity contribution in [1.82, 2.24) is 9.97 Å². The molecule has 0 aliphatic heterocycles. The Hall–Kier alpha value is -2.91. The minimum Gasteiger partial charge on any atom is -0.371 e. The molecule has 10 nitrogen and oxygen atoms in total. The van der Waals surface area contributed by atoms with E-state index in [-0.39, 0.29) is 22.8 Å². The molecule has 2 aromatic rings. The number of rotatable bonds is 4. The first-order valence-electron chi connectivity index (χ1n) is 7.31. The van der Waals surface area contributed by atoms with Gasteiger partial charge in [0.2, 0.25) is 0 Å². The summed E-state index contributed by atoms with van der Waals surface area (Å²) in [5.41, 5.74) is -1.67. The molecule has 1 aromatic heterocycles. The van der Waals surface area contributed by atoms with Crippen molar-refractivity contribution in [3.05, 3.63) is 36.8 Å². The average molecular weight is 321 g/mol. The molecule has 23 heavy (non-hydrogen) atoms. The van der Waals surface area contributed by atoms with E-state index in [2.05, 4.69) is 15.3 Å². The average Bonchev–Trinajstić information content (AvgIpc) is 2.86. The lowest BCUT2D eigenvalue weighted by atomic mass is 9.95. The lowest BCUT2D eigenvalue weighted by Gasteiger charge is -2.23. The number of aromatic nitrogens is 2. The maximum absolute atomic E-state index is 11.5. The molecule has 0 atom stereocenters. The second kappa shape index (κ2) is 5.71. The lowest BCUT2D eigenvalue weighted by Crippen LogP contribution is -2.23. The lowest BCUT2D eigenvalue weighted by molar-refractivity contribution is -0.391. The minimum atomic E-state index is -0.704. The van der Waals surface area contributed by atoms with Crippen molar-refractivity contribution in [3.63, 3.8) is 0 Å². The molecule has 0 radical (unpaired) electrons. The number of anilines is 1. The largest absolute Gasteiger partial charge is 0.371 e. The SMILES string of the molecule is O=c1[nH]c2cc([N+](=O)[O-])c(NC3CCCCC3)c([N+](=O)[O-])c2[nH]1. The van der Waals surface area contributed by atoms with Gasteiger partial charge >= 0.3 is 17.1 Å². The summed E-state index contributed by atoms with van der Waals surface area (Å²) in [5, 5.41) is 25.8. The Morgan fingerprint density at radius 3 is 2.39 bits per heavy atom. The molecule has 3 rings (SSSR count). The van der Waals surface area contributed by atoms with E-state index < -0.39 is 26.9 Å². The smallest absolute Gasteiger partial charge is 0.324 e. The van der Waals surface area contributed by atoms with E-state index in [1.807, 2.05) is 0 Å². The highest BCUT2D eigenvalue weighted by atomic mass is 16.6. The summed E-state index contributed by atoms with van der Waals surface area (Å²) in [6.07, 6.45) is 4.64. The zero-order chi connectivity index (χ0) is 16.6. The summed E-state index contributed by atoms with van der Waals surface area (Å²) >= 11 is 0. The molecule has 1 saturated carbocycles. The van der Waals surface area contributed by atoms with Gasteiger partial charge in [-0.1, -0.05) is 19.3 Å². The topological polar surface area (TPSA) is 147 Å². The van der Waals surface area contributed by atoms with Crippen molar-refractivity contribution in [1.29, 1.82) is 0 Å². The highest BCUT2D eigenvalue weighted by Gasteiger charge is 2.32. The van der Waals surface area contributed by atoms with Crippen LogP contribution in [0.3, 0.4) is 0 Å². The Labute approximate surface area is 129 Å². The number of H-pyrrole nitrogens is 2. The molecule has 3 N–H and O–H groups in total. The van der Waals surface area contributed by atoms with Gasteiger partial charge in [0.05, 0.1) is 15.4 Å². The number of nitrogens with one attached hydrogen (secondary N) is 3. The molecule has 0 saturated heterocycles. The number of nitrogens with zero attached hydrogens (tertiary/aromatic N) is 2. The fraction of sp³-hybridized carbons (Fsp3) is 0.462. The van der Waals surface area contributed by atoms with Crippen molar-refractivity contribution in [2.45, 2.75) is 38.1 Å². The van der Waals surface area contributed by atoms with E-state index in [4.69, 9.17) is 0 Å². The van der Waals surface area contributed by atoms with Gasteiger partial charge < -0.3 is 10.3 Å². The Bertz CT molecular complexity index is 833. The Kier molecular flexibility index (Phi) is 3.72. The van der Waals surface area contributed by atoms with Gasteiger partial charge in [0.1, 0.15) is 5.52 Å². The summed E-state index contributed by atoms with van der Waals surface area (Å²) < 4.78 is 0. The molecular weight excluding hydrogens is 306 g/mol. The van der Waals surface area contributed by atoms with Crippen LogP contribution in [0.1, 0.15) is 32.1 Å². The normalized spacial score (nSPS) is 15.7. The van der Waals surface area contributed by atoms with Crippen LogP contribution in [0, 0.1) is 20.2 Å². The predicted molar refractivity (Wildman–Crippen MR) is 82.7 cm³/mol. The summed E-state index contributed by atoms with van der Waals surface area (Å²) in [7, 11) is 0. The molecule has 1 aromatic carbocycles. The number of fused-ring (bicyclic) bond motifs is 1. The zero-order valence-electron chi connectivity index (χ0n) is 12.1. The van der Waals surface area contributed by atoms with Gasteiger partial charge in [-0.25, -0.2) is 4.79 Å². The second-order valence-corrected chi connectivity index (χ2v) is 5.61. The number of nitro benzene ring substituents is 2. The van der Waals surface area contributed by atoms with Crippen molar-refractivity contribution in [3.8, 4) is 0 Å². The fourth-order valence-corrected chi connectivity index (χ4v) is 3.07. The van der Waals surface area contributed by atoms with E-state index in [0.29, 0.717) is 0 Å². The number of hydrogen-bond donors (Lipinski definition) is 3. The monoisotopic (exact) mass is 321 g/mol. The van der Waals surface area contributed by atoms with Crippen molar-refractivity contribution in [2.75, 3.05) is 5.32 Å². The van der Waals surface area contributed by atoms with Crippen LogP contribution in [0.2, 0.25) is 0 Å². The molecule has 1 heterocycles. The molecule has 1 aliphatic rings. The number of benzene rings is 1. The maximum Gasteiger partial charge on any atom is 0.324 e. The van der Waals surface area contributed by atoms with Crippen LogP contribution in [0.5, 0.6) is 0 Å². The van der Waals surface area contributed by atoms with Gasteiger partial charge in [-0.3, -0.25) is 25.2 Å². The molecule has 0 spiro atoms. The number of hydrogen-bond acceptors (Lipinski definition) is 6. The number of nitro groups is 2. The summed E-state index contributed by atoms with van der Waals surface area (Å²) in [6, 6.07) is 1.09. The Balaban J connectivity index is 2.20. The van der Waals surface area contributed by atoms with Crippen LogP contribution in [0.4, 0.5) is 17.1 Å². The third-order valence-corrected chi connectivity index (χ3v) is 4.10. The van der Waals surface area contributed by atoms with Crippen molar-refractivity contribution in [2.24, 2.45) is 0 Å². The molecule has 0 unspecified atom stereocenters. The quantitative estimate of drug-likeness (QED) is 0.582. The fourth-order valence-electron chi connectivity index (χ4n) is 3.07. The van der Waals surface area contributed by atoms with Crippen molar-refractivity contribution >= 4 is 28.1 Å². The predicted octanol–water partition coefficient (Wildman–Crippen LogP) is 2.42. The van der Waals surface area contributed by atoms with Crippen LogP contribution in [-0.2, 0) is 0 Å². The van der Waals surface area contributed by atoms with E-state index in [1.165, 1.54) is 0 Å². The first-order chi connectivity index (χ1) is 11.0. The van der Waals surface area contributed by atoms with Gasteiger partial charge in [0, 0.05) is 12.1 Å². The third-order valence-electron chi connectivity index (χ3n) is 4.10. The Morgan fingerprint density at radius 1 is 1.09 bits per heavy atom. The van der Waals surface area contributed by atoms with Gasteiger partial charge in [-0.15, -0.1) is 0 Å². The molecule has 0 amide bonds. The van der Waals surface area contributed by atoms with Crippen LogP contribution in [0.15, 0.2) is 10.9 Å². The first kappa shape index (κ1) is 15.0. The van der Waals surface area contributed by atoms with Crippen LogP contribution in [0.25, 0.3) is 11.0 Å². The van der Waals surface area contributed by atoms with Gasteiger partial charge in [0.15, 0.2) is 5.69 Å². The van der Waals surface area contributed by atoms with E-state index >= 15 is 0 Å². The zero-order valence-corrected chi connectivity index (χ0v) is 12.1. The highest BCUT2D eigenvalue weighted by molar-refractivity contribution is 5.96. The third kappa shape index (κ3) is 2.74. The van der Waals surface area contributed by atoms with Gasteiger partial charge in [0.25, 0.3) is 0 Å². The van der Waals surface area contributed by atoms with Gasteiger partial charge in [-0.05, 0) is 12.8 Å². The molecule has 1 fully saturated rings. The molecular formula is C13H15N5O5. The van der Waals surface area contributed by atoms with Gasteiger partial charge in [-0.2, -0.15) is 0 Å². The van der Waals surface area contributed by atoms with Crippen molar-refractivity contribution < 1.29 is 9.85 Å². The van der Waals surface area contributed by atoms with Crippen LogP contribution < -0.4 is 11.0 Å². The molecule has 10 heteroatoms. The maximum atomic E-state index is 11.5. The molecule has 122 valence electrons. The van der Waals surface area contributed by atoms with E-state index in [0.717, 1.165) is 38.2 Å².